The molecule has 0 fully saturated rings. The Bertz CT molecular complexity index is 720. The van der Waals surface area contributed by atoms with Gasteiger partial charge in [-0.3, -0.25) is 0 Å². The lowest BCUT2D eigenvalue weighted by Gasteiger charge is -2.11. The number of aromatic nitrogens is 1. The molecule has 0 amide bonds. The molecule has 0 saturated heterocycles. The van der Waals surface area contributed by atoms with Gasteiger partial charge in [0.05, 0.1) is 5.52 Å². The monoisotopic (exact) mass is 247 g/mol. The number of nitrogens with zero attached hydrogens (tertiary/aromatic N) is 1. The second kappa shape index (κ2) is 4.77. The summed E-state index contributed by atoms with van der Waals surface area (Å²) in [6.07, 6.45) is 2.96. The van der Waals surface area contributed by atoms with E-state index in [9.17, 15) is 0 Å². The van der Waals surface area contributed by atoms with Crippen molar-refractivity contribution in [1.82, 2.24) is 4.57 Å². The highest BCUT2D eigenvalue weighted by Crippen LogP contribution is 2.28. The highest BCUT2D eigenvalue weighted by Gasteiger charge is 2.10. The molecule has 0 atom stereocenters. The Morgan fingerprint density at radius 2 is 1.84 bits per heavy atom. The van der Waals surface area contributed by atoms with Crippen molar-refractivity contribution < 1.29 is 0 Å². The number of fused-ring (bicyclic) bond motifs is 1. The largest absolute Gasteiger partial charge is 0.310 e. The van der Waals surface area contributed by atoms with E-state index in [1.807, 2.05) is 12.1 Å². The topological polar surface area (TPSA) is 4.93 Å². The van der Waals surface area contributed by atoms with Crippen LogP contribution in [0.25, 0.3) is 22.7 Å². The van der Waals surface area contributed by atoms with Crippen LogP contribution in [0.2, 0.25) is 0 Å². The summed E-state index contributed by atoms with van der Waals surface area (Å²) >= 11 is 0. The van der Waals surface area contributed by atoms with E-state index in [4.69, 9.17) is 0 Å². The molecule has 3 aromatic rings. The van der Waals surface area contributed by atoms with Gasteiger partial charge in [0, 0.05) is 16.8 Å². The highest BCUT2D eigenvalue weighted by atomic mass is 15.0. The number of aryl methyl sites for hydroxylation is 1. The van der Waals surface area contributed by atoms with Gasteiger partial charge in [0.2, 0.25) is 0 Å². The standard InChI is InChI=1S/C18H17N/c1-3-14-9-8-10-15-13-16(4-2)19(18(14)15)17-11-6-5-7-12-17/h4-13H,2-3H2,1H3. The maximum atomic E-state index is 3.95. The number of rotatable bonds is 3. The molecule has 2 aromatic carbocycles. The zero-order valence-electron chi connectivity index (χ0n) is 11.1. The first-order chi connectivity index (χ1) is 9.35. The van der Waals surface area contributed by atoms with E-state index < -0.39 is 0 Å². The fourth-order valence-corrected chi connectivity index (χ4v) is 2.64. The summed E-state index contributed by atoms with van der Waals surface area (Å²) in [5.74, 6) is 0. The Morgan fingerprint density at radius 3 is 2.53 bits per heavy atom. The molecule has 0 aliphatic rings. The van der Waals surface area contributed by atoms with E-state index in [1.54, 1.807) is 0 Å². The summed E-state index contributed by atoms with van der Waals surface area (Å²) < 4.78 is 2.29. The van der Waals surface area contributed by atoms with E-state index in [2.05, 4.69) is 66.6 Å². The van der Waals surface area contributed by atoms with Crippen LogP contribution < -0.4 is 0 Å². The number of hydrogen-bond acceptors (Lipinski definition) is 0. The molecular formula is C18H17N. The average molecular weight is 247 g/mol. The van der Waals surface area contributed by atoms with Crippen LogP contribution in [0.3, 0.4) is 0 Å². The molecule has 0 unspecified atom stereocenters. The van der Waals surface area contributed by atoms with Crippen molar-refractivity contribution in [2.45, 2.75) is 13.3 Å². The molecule has 0 aliphatic heterocycles. The molecule has 1 heteroatoms. The van der Waals surface area contributed by atoms with Crippen LogP contribution in [0.4, 0.5) is 0 Å². The van der Waals surface area contributed by atoms with Gasteiger partial charge in [-0.15, -0.1) is 0 Å². The quantitative estimate of drug-likeness (QED) is 0.624. The summed E-state index contributed by atoms with van der Waals surface area (Å²) in [5, 5.41) is 1.28. The van der Waals surface area contributed by atoms with Gasteiger partial charge in [-0.2, -0.15) is 0 Å². The van der Waals surface area contributed by atoms with Crippen LogP contribution in [-0.4, -0.2) is 4.57 Å². The fraction of sp³-hybridized carbons (Fsp3) is 0.111. The fourth-order valence-electron chi connectivity index (χ4n) is 2.64. The third kappa shape index (κ3) is 1.88. The molecule has 0 aliphatic carbocycles. The molecule has 1 heterocycles. The number of hydrogen-bond donors (Lipinski definition) is 0. The van der Waals surface area contributed by atoms with Crippen molar-refractivity contribution in [2.75, 3.05) is 0 Å². The molecule has 19 heavy (non-hydrogen) atoms. The van der Waals surface area contributed by atoms with Crippen molar-refractivity contribution in [1.29, 1.82) is 0 Å². The van der Waals surface area contributed by atoms with E-state index in [0.29, 0.717) is 0 Å². The van der Waals surface area contributed by atoms with Crippen LogP contribution in [0.15, 0.2) is 61.2 Å². The molecule has 0 saturated carbocycles. The van der Waals surface area contributed by atoms with Gasteiger partial charge in [0.15, 0.2) is 0 Å². The molecule has 1 nitrogen and oxygen atoms in total. The highest BCUT2D eigenvalue weighted by molar-refractivity contribution is 5.88. The summed E-state index contributed by atoms with van der Waals surface area (Å²) in [4.78, 5) is 0. The van der Waals surface area contributed by atoms with Gasteiger partial charge in [-0.1, -0.05) is 49.9 Å². The Morgan fingerprint density at radius 1 is 1.05 bits per heavy atom. The first kappa shape index (κ1) is 11.8. The van der Waals surface area contributed by atoms with Crippen LogP contribution >= 0.6 is 0 Å². The van der Waals surface area contributed by atoms with Crippen LogP contribution in [0.5, 0.6) is 0 Å². The van der Waals surface area contributed by atoms with E-state index in [0.717, 1.165) is 12.1 Å². The zero-order valence-corrected chi connectivity index (χ0v) is 11.1. The SMILES string of the molecule is C=Cc1cc2cccc(CC)c2n1-c1ccccc1. The van der Waals surface area contributed by atoms with Gasteiger partial charge < -0.3 is 4.57 Å². The van der Waals surface area contributed by atoms with Crippen molar-refractivity contribution in [3.63, 3.8) is 0 Å². The molecular weight excluding hydrogens is 230 g/mol. The summed E-state index contributed by atoms with van der Waals surface area (Å²) in [7, 11) is 0. The Balaban J connectivity index is 2.41. The summed E-state index contributed by atoms with van der Waals surface area (Å²) in [5.41, 5.74) is 5.00. The van der Waals surface area contributed by atoms with E-state index >= 15 is 0 Å². The van der Waals surface area contributed by atoms with Crippen LogP contribution in [-0.2, 0) is 6.42 Å². The van der Waals surface area contributed by atoms with E-state index in [-0.39, 0.29) is 0 Å². The van der Waals surface area contributed by atoms with Gasteiger partial charge in [-0.25, -0.2) is 0 Å². The Kier molecular flexibility index (Phi) is 2.96. The van der Waals surface area contributed by atoms with Crippen molar-refractivity contribution >= 4 is 17.0 Å². The van der Waals surface area contributed by atoms with Gasteiger partial charge in [0.25, 0.3) is 0 Å². The molecule has 1 aromatic heterocycles. The number of benzene rings is 2. The summed E-state index contributed by atoms with van der Waals surface area (Å²) in [6.45, 7) is 6.15. The maximum Gasteiger partial charge on any atom is 0.0566 e. The average Bonchev–Trinajstić information content (AvgIpc) is 2.86. The van der Waals surface area contributed by atoms with Crippen LogP contribution in [0.1, 0.15) is 18.2 Å². The maximum absolute atomic E-state index is 3.95. The second-order valence-corrected chi connectivity index (χ2v) is 4.65. The predicted octanol–water partition coefficient (Wildman–Crippen LogP) is 4.84. The van der Waals surface area contributed by atoms with Gasteiger partial charge >= 0.3 is 0 Å². The van der Waals surface area contributed by atoms with Gasteiger partial charge in [-0.05, 0) is 36.3 Å². The van der Waals surface area contributed by atoms with Crippen molar-refractivity contribution in [3.05, 3.63) is 72.4 Å². The van der Waals surface area contributed by atoms with Gasteiger partial charge in [0.1, 0.15) is 0 Å². The second-order valence-electron chi connectivity index (χ2n) is 4.65. The lowest BCUT2D eigenvalue weighted by Crippen LogP contribution is -1.98. The number of para-hydroxylation sites is 2. The predicted molar refractivity (Wildman–Crippen MR) is 82.7 cm³/mol. The molecule has 94 valence electrons. The summed E-state index contributed by atoms with van der Waals surface area (Å²) in [6, 6.07) is 19.2. The van der Waals surface area contributed by atoms with Crippen molar-refractivity contribution in [3.8, 4) is 5.69 Å². The minimum atomic E-state index is 1.03. The molecule has 0 radical (unpaired) electrons. The minimum Gasteiger partial charge on any atom is -0.310 e. The lowest BCUT2D eigenvalue weighted by molar-refractivity contribution is 1.07. The molecule has 0 bridgehead atoms. The third-order valence-corrected chi connectivity index (χ3v) is 3.54. The minimum absolute atomic E-state index is 1.03. The zero-order chi connectivity index (χ0) is 13.2. The van der Waals surface area contributed by atoms with Crippen molar-refractivity contribution in [2.24, 2.45) is 0 Å². The third-order valence-electron chi connectivity index (χ3n) is 3.54. The Hall–Kier alpha value is -2.28. The first-order valence-corrected chi connectivity index (χ1v) is 6.66. The van der Waals surface area contributed by atoms with Crippen LogP contribution in [0, 0.1) is 0 Å². The Labute approximate surface area is 113 Å². The lowest BCUT2D eigenvalue weighted by atomic mass is 10.1. The molecule has 0 N–H and O–H groups in total. The van der Waals surface area contributed by atoms with E-state index in [1.165, 1.54) is 22.2 Å². The molecule has 0 spiro atoms. The smallest absolute Gasteiger partial charge is 0.0566 e. The molecule has 3 rings (SSSR count). The first-order valence-electron chi connectivity index (χ1n) is 6.66. The normalized spacial score (nSPS) is 10.8.